The van der Waals surface area contributed by atoms with Crippen molar-refractivity contribution in [3.8, 4) is 0 Å². The maximum atomic E-state index is 12.7. The second-order valence-corrected chi connectivity index (χ2v) is 9.48. The molecule has 0 aromatic heterocycles. The number of nitrogens with one attached hydrogen (secondary N) is 3. The molecule has 178 valence electrons. The van der Waals surface area contributed by atoms with Gasteiger partial charge >= 0.3 is 12.1 Å². The Morgan fingerprint density at radius 1 is 0.938 bits per heavy atom. The second-order valence-electron chi connectivity index (χ2n) is 9.48. The Bertz CT molecular complexity index is 796. The van der Waals surface area contributed by atoms with Gasteiger partial charge in [-0.2, -0.15) is 0 Å². The van der Waals surface area contributed by atoms with E-state index in [-0.39, 0.29) is 12.5 Å². The number of likely N-dealkylation sites (N-methyl/N-ethyl adjacent to an activating group) is 1. The lowest BCUT2D eigenvalue weighted by atomic mass is 9.86. The Hall–Kier alpha value is -3.10. The van der Waals surface area contributed by atoms with E-state index in [2.05, 4.69) is 16.0 Å². The summed E-state index contributed by atoms with van der Waals surface area (Å²) in [4.78, 5) is 49.8. The largest absolute Gasteiger partial charge is 0.459 e. The van der Waals surface area contributed by atoms with Gasteiger partial charge in [0.2, 0.25) is 11.8 Å². The number of esters is 1. The minimum Gasteiger partial charge on any atom is -0.459 e. The maximum absolute atomic E-state index is 12.7. The molecule has 0 aliphatic rings. The van der Waals surface area contributed by atoms with Crippen LogP contribution in [0.4, 0.5) is 4.79 Å². The van der Waals surface area contributed by atoms with Crippen molar-refractivity contribution >= 4 is 23.9 Å². The number of hydrogen-bond donors (Lipinski definition) is 3. The molecule has 9 heteroatoms. The highest BCUT2D eigenvalue weighted by molar-refractivity contribution is 5.91. The van der Waals surface area contributed by atoms with E-state index in [1.165, 1.54) is 7.05 Å². The number of rotatable bonds is 8. The van der Waals surface area contributed by atoms with Crippen molar-refractivity contribution in [2.45, 2.75) is 72.3 Å². The number of amides is 3. The lowest BCUT2D eigenvalue weighted by Crippen LogP contribution is -2.54. The summed E-state index contributed by atoms with van der Waals surface area (Å²) in [6.45, 7) is 10.4. The van der Waals surface area contributed by atoms with Crippen LogP contribution in [0.25, 0.3) is 0 Å². The minimum atomic E-state index is -1.29. The third-order valence-electron chi connectivity index (χ3n) is 4.27. The molecule has 1 unspecified atom stereocenters. The third-order valence-corrected chi connectivity index (χ3v) is 4.27. The van der Waals surface area contributed by atoms with Crippen LogP contribution in [-0.2, 0) is 30.5 Å². The van der Waals surface area contributed by atoms with E-state index < -0.39 is 47.5 Å². The maximum Gasteiger partial charge on any atom is 0.408 e. The van der Waals surface area contributed by atoms with Crippen LogP contribution in [0, 0.1) is 5.41 Å². The van der Waals surface area contributed by atoms with Gasteiger partial charge in [0, 0.05) is 7.05 Å². The van der Waals surface area contributed by atoms with Gasteiger partial charge in [-0.05, 0) is 31.7 Å². The smallest absolute Gasteiger partial charge is 0.408 e. The fourth-order valence-electron chi connectivity index (χ4n) is 2.70. The molecule has 1 rings (SSSR count). The van der Waals surface area contributed by atoms with Gasteiger partial charge in [0.1, 0.15) is 24.3 Å². The Balaban J connectivity index is 2.92. The standard InChI is InChI=1S/C23H35N3O6/c1-22(2,3)18(19(28)24-7)26-17(27)13-16(25-21(30)32-23(4,5)6)20(29)31-14-15-11-9-8-10-12-15/h8-12,16,18H,13-14H2,1-7H3,(H,24,28)(H,25,30)(H,26,27)/t16?,18-/m1/s1. The lowest BCUT2D eigenvalue weighted by Gasteiger charge is -2.30. The number of ether oxygens (including phenoxy) is 2. The SMILES string of the molecule is CNC(=O)[C@@H](NC(=O)CC(NC(=O)OC(C)(C)C)C(=O)OCc1ccccc1)C(C)(C)C. The fraction of sp³-hybridized carbons (Fsp3) is 0.565. The van der Waals surface area contributed by atoms with Gasteiger partial charge in [-0.25, -0.2) is 9.59 Å². The molecule has 0 bridgehead atoms. The monoisotopic (exact) mass is 449 g/mol. The first-order chi connectivity index (χ1) is 14.7. The summed E-state index contributed by atoms with van der Waals surface area (Å²) in [7, 11) is 1.47. The molecule has 3 amide bonds. The van der Waals surface area contributed by atoms with E-state index in [0.717, 1.165) is 5.56 Å². The number of alkyl carbamates (subject to hydrolysis) is 1. The molecule has 0 fully saturated rings. The summed E-state index contributed by atoms with van der Waals surface area (Å²) in [5.41, 5.74) is -0.604. The number of carbonyl (C=O) groups excluding carboxylic acids is 4. The zero-order chi connectivity index (χ0) is 24.5. The minimum absolute atomic E-state index is 0.0172. The molecule has 0 radical (unpaired) electrons. The highest BCUT2D eigenvalue weighted by Gasteiger charge is 2.34. The topological polar surface area (TPSA) is 123 Å². The molecule has 9 nitrogen and oxygen atoms in total. The second kappa shape index (κ2) is 11.5. The first kappa shape index (κ1) is 26.9. The summed E-state index contributed by atoms with van der Waals surface area (Å²) in [5.74, 6) is -1.75. The van der Waals surface area contributed by atoms with Crippen LogP contribution < -0.4 is 16.0 Å². The average molecular weight is 450 g/mol. The molecule has 0 saturated carbocycles. The molecule has 3 N–H and O–H groups in total. The molecule has 0 aliphatic carbocycles. The van der Waals surface area contributed by atoms with E-state index >= 15 is 0 Å². The Kier molecular flexibility index (Phi) is 9.68. The van der Waals surface area contributed by atoms with Crippen molar-refractivity contribution in [1.29, 1.82) is 0 Å². The summed E-state index contributed by atoms with van der Waals surface area (Å²) >= 11 is 0. The van der Waals surface area contributed by atoms with Crippen LogP contribution >= 0.6 is 0 Å². The lowest BCUT2D eigenvalue weighted by molar-refractivity contribution is -0.149. The molecule has 0 saturated heterocycles. The fourth-order valence-corrected chi connectivity index (χ4v) is 2.70. The molecule has 2 atom stereocenters. The van der Waals surface area contributed by atoms with E-state index in [0.29, 0.717) is 0 Å². The molecular weight excluding hydrogens is 414 g/mol. The van der Waals surface area contributed by atoms with Gasteiger partial charge in [-0.3, -0.25) is 9.59 Å². The highest BCUT2D eigenvalue weighted by atomic mass is 16.6. The zero-order valence-electron chi connectivity index (χ0n) is 19.9. The van der Waals surface area contributed by atoms with Crippen molar-refractivity contribution < 1.29 is 28.7 Å². The van der Waals surface area contributed by atoms with Crippen molar-refractivity contribution in [3.63, 3.8) is 0 Å². The number of hydrogen-bond acceptors (Lipinski definition) is 6. The van der Waals surface area contributed by atoms with Gasteiger partial charge < -0.3 is 25.4 Å². The molecule has 0 heterocycles. The normalized spacial score (nSPS) is 13.3. The summed E-state index contributed by atoms with van der Waals surface area (Å²) in [5, 5.41) is 7.55. The van der Waals surface area contributed by atoms with Crippen LogP contribution in [0.3, 0.4) is 0 Å². The van der Waals surface area contributed by atoms with Crippen molar-refractivity contribution in [2.24, 2.45) is 5.41 Å². The van der Waals surface area contributed by atoms with Crippen LogP contribution in [0.15, 0.2) is 30.3 Å². The van der Waals surface area contributed by atoms with E-state index in [9.17, 15) is 19.2 Å². The Labute approximate surface area is 189 Å². The van der Waals surface area contributed by atoms with Gasteiger partial charge in [-0.1, -0.05) is 51.1 Å². The molecule has 32 heavy (non-hydrogen) atoms. The average Bonchev–Trinajstić information content (AvgIpc) is 2.67. The van der Waals surface area contributed by atoms with Gasteiger partial charge in [0.15, 0.2) is 0 Å². The zero-order valence-corrected chi connectivity index (χ0v) is 19.9. The number of benzene rings is 1. The van der Waals surface area contributed by atoms with E-state index in [1.807, 2.05) is 6.07 Å². The van der Waals surface area contributed by atoms with Crippen LogP contribution in [0.1, 0.15) is 53.5 Å². The van der Waals surface area contributed by atoms with Gasteiger partial charge in [-0.15, -0.1) is 0 Å². The van der Waals surface area contributed by atoms with Crippen molar-refractivity contribution in [3.05, 3.63) is 35.9 Å². The van der Waals surface area contributed by atoms with Crippen molar-refractivity contribution in [1.82, 2.24) is 16.0 Å². The Morgan fingerprint density at radius 2 is 1.53 bits per heavy atom. The third kappa shape index (κ3) is 9.80. The number of carbonyl (C=O) groups is 4. The van der Waals surface area contributed by atoms with Crippen LogP contribution in [-0.4, -0.2) is 48.6 Å². The van der Waals surface area contributed by atoms with E-state index in [1.54, 1.807) is 65.8 Å². The van der Waals surface area contributed by atoms with Gasteiger partial charge in [0.25, 0.3) is 0 Å². The predicted molar refractivity (Wildman–Crippen MR) is 119 cm³/mol. The van der Waals surface area contributed by atoms with Gasteiger partial charge in [0.05, 0.1) is 6.42 Å². The summed E-state index contributed by atoms with van der Waals surface area (Å²) in [6.07, 6.45) is -1.28. The highest BCUT2D eigenvalue weighted by Crippen LogP contribution is 2.19. The molecule has 1 aromatic carbocycles. The van der Waals surface area contributed by atoms with E-state index in [4.69, 9.17) is 9.47 Å². The van der Waals surface area contributed by atoms with Crippen LogP contribution in [0.5, 0.6) is 0 Å². The molecule has 0 aliphatic heterocycles. The quantitative estimate of drug-likeness (QED) is 0.523. The molecule has 0 spiro atoms. The van der Waals surface area contributed by atoms with Crippen LogP contribution in [0.2, 0.25) is 0 Å². The van der Waals surface area contributed by atoms with Crippen molar-refractivity contribution in [2.75, 3.05) is 7.05 Å². The first-order valence-corrected chi connectivity index (χ1v) is 10.4. The summed E-state index contributed by atoms with van der Waals surface area (Å²) < 4.78 is 10.5. The summed E-state index contributed by atoms with van der Waals surface area (Å²) in [6, 6.07) is 6.89. The molecular formula is C23H35N3O6. The Morgan fingerprint density at radius 3 is 2.03 bits per heavy atom. The molecule has 1 aromatic rings. The predicted octanol–water partition coefficient (Wildman–Crippen LogP) is 2.29. The first-order valence-electron chi connectivity index (χ1n) is 10.4.